The Kier molecular flexibility index (Phi) is 6.03. The Bertz CT molecular complexity index is 1020. The Morgan fingerprint density at radius 1 is 1.03 bits per heavy atom. The third kappa shape index (κ3) is 4.32. The van der Waals surface area contributed by atoms with Crippen LogP contribution in [0.4, 0.5) is 10.5 Å². The van der Waals surface area contributed by atoms with Gasteiger partial charge < -0.3 is 9.64 Å². The van der Waals surface area contributed by atoms with Crippen LogP contribution in [-0.2, 0) is 11.2 Å². The van der Waals surface area contributed by atoms with E-state index >= 15 is 0 Å². The first-order chi connectivity index (χ1) is 15.6. The normalized spacial score (nSPS) is 21.6. The number of amides is 1. The van der Waals surface area contributed by atoms with Gasteiger partial charge in [-0.15, -0.1) is 0 Å². The summed E-state index contributed by atoms with van der Waals surface area (Å²) in [5.41, 5.74) is 2.49. The van der Waals surface area contributed by atoms with E-state index in [1.807, 2.05) is 6.07 Å². The van der Waals surface area contributed by atoms with Crippen molar-refractivity contribution in [2.75, 3.05) is 52.4 Å². The summed E-state index contributed by atoms with van der Waals surface area (Å²) in [6.45, 7) is 6.48. The maximum absolute atomic E-state index is 11.7. The molecule has 3 heterocycles. The summed E-state index contributed by atoms with van der Waals surface area (Å²) in [5, 5.41) is 11.3. The van der Waals surface area contributed by atoms with E-state index in [0.717, 1.165) is 49.6 Å². The van der Waals surface area contributed by atoms with Crippen molar-refractivity contribution in [1.82, 2.24) is 14.7 Å². The molecule has 9 heteroatoms. The molecule has 0 bridgehead atoms. The van der Waals surface area contributed by atoms with E-state index in [1.165, 1.54) is 10.5 Å². The molecular formula is C23H26N4O4S. The Balaban J connectivity index is 1.31. The highest BCUT2D eigenvalue weighted by molar-refractivity contribution is 7.99. The van der Waals surface area contributed by atoms with Gasteiger partial charge >= 0.3 is 6.09 Å². The number of hydrogen-bond acceptors (Lipinski definition) is 7. The second kappa shape index (κ2) is 9.09. The molecule has 2 aromatic rings. The molecule has 5 rings (SSSR count). The number of hydrogen-bond donors (Lipinski definition) is 0. The highest BCUT2D eigenvalue weighted by atomic mass is 32.2. The fourth-order valence-electron chi connectivity index (χ4n) is 4.74. The van der Waals surface area contributed by atoms with Crippen LogP contribution >= 0.6 is 11.8 Å². The van der Waals surface area contributed by atoms with Crippen LogP contribution in [0, 0.1) is 10.1 Å². The topological polar surface area (TPSA) is 79.2 Å². The molecule has 1 unspecified atom stereocenters. The van der Waals surface area contributed by atoms with Crippen molar-refractivity contribution >= 4 is 23.5 Å². The van der Waals surface area contributed by atoms with E-state index in [2.05, 4.69) is 34.1 Å². The van der Waals surface area contributed by atoms with Crippen LogP contribution < -0.4 is 0 Å². The summed E-state index contributed by atoms with van der Waals surface area (Å²) < 4.78 is 5.01. The Labute approximate surface area is 191 Å². The lowest BCUT2D eigenvalue weighted by Gasteiger charge is -2.40. The number of carbonyl (C=O) groups is 1. The molecule has 0 N–H and O–H groups in total. The molecule has 3 aliphatic heterocycles. The van der Waals surface area contributed by atoms with Crippen molar-refractivity contribution in [3.8, 4) is 0 Å². The first-order valence-corrected chi connectivity index (χ1v) is 11.8. The largest absolute Gasteiger partial charge is 0.448 e. The van der Waals surface area contributed by atoms with Gasteiger partial charge in [-0.2, -0.15) is 0 Å². The molecule has 32 heavy (non-hydrogen) atoms. The van der Waals surface area contributed by atoms with Gasteiger partial charge in [0.15, 0.2) is 0 Å². The lowest BCUT2D eigenvalue weighted by atomic mass is 9.96. The van der Waals surface area contributed by atoms with Crippen LogP contribution in [0.15, 0.2) is 52.3 Å². The minimum Gasteiger partial charge on any atom is -0.448 e. The van der Waals surface area contributed by atoms with Gasteiger partial charge in [0, 0.05) is 67.2 Å². The second-order valence-electron chi connectivity index (χ2n) is 8.39. The number of nitro benzene ring substituents is 1. The number of fused-ring (bicyclic) bond motifs is 2. The van der Waals surface area contributed by atoms with E-state index in [9.17, 15) is 14.9 Å². The second-order valence-corrected chi connectivity index (χ2v) is 9.47. The minimum absolute atomic E-state index is 0.152. The smallest absolute Gasteiger partial charge is 0.409 e. The number of piperazine rings is 1. The van der Waals surface area contributed by atoms with Crippen molar-refractivity contribution in [1.29, 1.82) is 0 Å². The minimum atomic E-state index is -0.313. The highest BCUT2D eigenvalue weighted by Gasteiger charge is 2.31. The maximum Gasteiger partial charge on any atom is 0.409 e. The fourth-order valence-corrected chi connectivity index (χ4v) is 5.85. The number of cyclic esters (lactones) is 1. The number of nitro groups is 1. The van der Waals surface area contributed by atoms with Crippen LogP contribution in [0.2, 0.25) is 0 Å². The average molecular weight is 455 g/mol. The molecule has 0 aliphatic carbocycles. The lowest BCUT2D eigenvalue weighted by molar-refractivity contribution is -0.385. The third-order valence-electron chi connectivity index (χ3n) is 6.54. The number of nitrogens with zero attached hydrogens (tertiary/aromatic N) is 4. The van der Waals surface area contributed by atoms with Crippen LogP contribution in [0.5, 0.6) is 0 Å². The van der Waals surface area contributed by atoms with Gasteiger partial charge in [-0.1, -0.05) is 30.0 Å². The average Bonchev–Trinajstić information content (AvgIpc) is 3.14. The number of benzene rings is 2. The molecule has 1 amide bonds. The molecule has 2 aromatic carbocycles. The van der Waals surface area contributed by atoms with Gasteiger partial charge in [-0.05, 0) is 29.7 Å². The molecule has 2 saturated heterocycles. The number of non-ortho nitro benzene ring substituents is 1. The summed E-state index contributed by atoms with van der Waals surface area (Å²) in [7, 11) is 0. The molecular weight excluding hydrogens is 428 g/mol. The van der Waals surface area contributed by atoms with Gasteiger partial charge in [0.05, 0.1) is 11.5 Å². The monoisotopic (exact) mass is 454 g/mol. The van der Waals surface area contributed by atoms with Crippen molar-refractivity contribution in [2.24, 2.45) is 0 Å². The standard InChI is InChI=1S/C23H26N4O4S/c28-23-26(13-14-31-23)12-9-24-7-10-25(11-8-24)20-16-17-15-18(27(29)30)5-6-21(17)32-22-4-2-1-3-19(20)22/h1-6,15,20H,7-14,16H2. The van der Waals surface area contributed by atoms with Crippen LogP contribution in [0.1, 0.15) is 17.2 Å². The molecule has 0 spiro atoms. The highest BCUT2D eigenvalue weighted by Crippen LogP contribution is 2.43. The summed E-state index contributed by atoms with van der Waals surface area (Å²) in [5.74, 6) is 0. The van der Waals surface area contributed by atoms with Gasteiger partial charge in [0.1, 0.15) is 6.61 Å². The van der Waals surface area contributed by atoms with Crippen molar-refractivity contribution in [2.45, 2.75) is 22.3 Å². The van der Waals surface area contributed by atoms with Gasteiger partial charge in [-0.25, -0.2) is 4.79 Å². The van der Waals surface area contributed by atoms with Crippen molar-refractivity contribution < 1.29 is 14.5 Å². The van der Waals surface area contributed by atoms with E-state index < -0.39 is 0 Å². The Morgan fingerprint density at radius 2 is 1.84 bits per heavy atom. The molecule has 0 aromatic heterocycles. The molecule has 0 saturated carbocycles. The van der Waals surface area contributed by atoms with Crippen LogP contribution in [-0.4, -0.2) is 78.1 Å². The SMILES string of the molecule is O=C1OCCN1CCN1CCN(C2Cc3cc([N+](=O)[O-])ccc3Sc3ccccc32)CC1. The maximum atomic E-state index is 11.7. The van der Waals surface area contributed by atoms with Gasteiger partial charge in [0.2, 0.25) is 0 Å². The zero-order valence-corrected chi connectivity index (χ0v) is 18.6. The van der Waals surface area contributed by atoms with Crippen molar-refractivity contribution in [3.05, 3.63) is 63.7 Å². The Hall–Kier alpha value is -2.62. The van der Waals surface area contributed by atoms with Gasteiger partial charge in [-0.3, -0.25) is 19.9 Å². The zero-order chi connectivity index (χ0) is 22.1. The molecule has 0 radical (unpaired) electrons. The lowest BCUT2D eigenvalue weighted by Crippen LogP contribution is -2.49. The summed E-state index contributed by atoms with van der Waals surface area (Å²) in [6.07, 6.45) is 0.560. The van der Waals surface area contributed by atoms with E-state index in [-0.39, 0.29) is 22.7 Å². The Morgan fingerprint density at radius 3 is 2.59 bits per heavy atom. The molecule has 2 fully saturated rings. The first kappa shape index (κ1) is 21.2. The summed E-state index contributed by atoms with van der Waals surface area (Å²) in [4.78, 5) is 31.7. The van der Waals surface area contributed by atoms with E-state index in [1.54, 1.807) is 28.8 Å². The third-order valence-corrected chi connectivity index (χ3v) is 7.75. The van der Waals surface area contributed by atoms with Crippen LogP contribution in [0.25, 0.3) is 0 Å². The summed E-state index contributed by atoms with van der Waals surface area (Å²) >= 11 is 1.71. The number of carbonyl (C=O) groups excluding carboxylic acids is 1. The first-order valence-electron chi connectivity index (χ1n) is 11.0. The molecule has 168 valence electrons. The predicted molar refractivity (Wildman–Crippen MR) is 121 cm³/mol. The molecule has 8 nitrogen and oxygen atoms in total. The van der Waals surface area contributed by atoms with E-state index in [4.69, 9.17) is 4.74 Å². The predicted octanol–water partition coefficient (Wildman–Crippen LogP) is 3.41. The number of ether oxygens (including phenoxy) is 1. The fraction of sp³-hybridized carbons (Fsp3) is 0.435. The quantitative estimate of drug-likeness (QED) is 0.506. The molecule has 1 atom stereocenters. The van der Waals surface area contributed by atoms with Crippen molar-refractivity contribution in [3.63, 3.8) is 0 Å². The molecule has 3 aliphatic rings. The van der Waals surface area contributed by atoms with Gasteiger partial charge in [0.25, 0.3) is 5.69 Å². The van der Waals surface area contributed by atoms with Crippen LogP contribution in [0.3, 0.4) is 0 Å². The number of rotatable bonds is 5. The zero-order valence-electron chi connectivity index (χ0n) is 17.8. The summed E-state index contributed by atoms with van der Waals surface area (Å²) in [6, 6.07) is 13.9. The van der Waals surface area contributed by atoms with E-state index in [0.29, 0.717) is 19.7 Å².